The van der Waals surface area contributed by atoms with Crippen LogP contribution in [0.4, 0.5) is 0 Å². The monoisotopic (exact) mass is 705 g/mol. The largest absolute Gasteiger partial charge is 0.346 e. The molecule has 5 amide bonds. The van der Waals surface area contributed by atoms with Crippen molar-refractivity contribution in [3.8, 4) is 0 Å². The fourth-order valence-corrected chi connectivity index (χ4v) is 8.55. The van der Waals surface area contributed by atoms with E-state index in [0.29, 0.717) is 25.8 Å². The number of aromatic nitrogens is 2. The van der Waals surface area contributed by atoms with Crippen LogP contribution in [0.5, 0.6) is 0 Å². The fraction of sp³-hybridized carbons (Fsp3) is 0.684. The van der Waals surface area contributed by atoms with Crippen LogP contribution in [0, 0.1) is 23.2 Å². The summed E-state index contributed by atoms with van der Waals surface area (Å²) in [4.78, 5) is 91.7. The Morgan fingerprint density at radius 3 is 2.27 bits per heavy atom. The van der Waals surface area contributed by atoms with Crippen LogP contribution in [-0.4, -0.2) is 87.4 Å². The van der Waals surface area contributed by atoms with Crippen molar-refractivity contribution in [3.05, 3.63) is 36.9 Å². The van der Waals surface area contributed by atoms with Crippen LogP contribution in [0.15, 0.2) is 31.2 Å². The maximum atomic E-state index is 14.5. The minimum Gasteiger partial charge on any atom is -0.346 e. The normalized spacial score (nSPS) is 27.9. The van der Waals surface area contributed by atoms with Crippen molar-refractivity contribution in [1.29, 1.82) is 0 Å². The van der Waals surface area contributed by atoms with E-state index in [4.69, 9.17) is 0 Å². The van der Waals surface area contributed by atoms with Crippen molar-refractivity contribution in [2.75, 3.05) is 13.1 Å². The van der Waals surface area contributed by atoms with Gasteiger partial charge in [-0.1, -0.05) is 84.1 Å². The highest BCUT2D eigenvalue weighted by Gasteiger charge is 2.69. The highest BCUT2D eigenvalue weighted by atomic mass is 16.2. The second-order valence-corrected chi connectivity index (χ2v) is 15.4. The van der Waals surface area contributed by atoms with Gasteiger partial charge in [0.15, 0.2) is 0 Å². The Labute approximate surface area is 300 Å². The molecule has 13 nitrogen and oxygen atoms in total. The molecule has 4 N–H and O–H groups in total. The van der Waals surface area contributed by atoms with Crippen molar-refractivity contribution in [2.45, 2.75) is 128 Å². The van der Waals surface area contributed by atoms with Gasteiger partial charge in [0.2, 0.25) is 23.5 Å². The molecule has 0 aromatic carbocycles. The van der Waals surface area contributed by atoms with Crippen molar-refractivity contribution in [3.63, 3.8) is 0 Å². The van der Waals surface area contributed by atoms with Crippen LogP contribution in [-0.2, 0) is 24.0 Å². The highest BCUT2D eigenvalue weighted by molar-refractivity contribution is 6.38. The van der Waals surface area contributed by atoms with E-state index in [9.17, 15) is 28.8 Å². The van der Waals surface area contributed by atoms with Crippen LogP contribution in [0.3, 0.4) is 0 Å². The first-order valence-electron chi connectivity index (χ1n) is 19.0. The molecule has 4 aliphatic rings. The molecule has 278 valence electrons. The van der Waals surface area contributed by atoms with Crippen molar-refractivity contribution < 1.29 is 28.8 Å². The first-order chi connectivity index (χ1) is 24.5. The molecule has 0 spiro atoms. The molecule has 0 unspecified atom stereocenters. The number of hydrogen-bond acceptors (Lipinski definition) is 8. The average molecular weight is 706 g/mol. The predicted octanol–water partition coefficient (Wildman–Crippen LogP) is 3.00. The zero-order valence-corrected chi connectivity index (χ0v) is 30.2. The third kappa shape index (κ3) is 9.20. The average Bonchev–Trinajstić information content (AvgIpc) is 3.43. The van der Waals surface area contributed by atoms with Gasteiger partial charge in [-0.3, -0.25) is 33.8 Å². The van der Waals surface area contributed by atoms with Crippen LogP contribution >= 0.6 is 0 Å². The number of nitrogens with zero attached hydrogens (tertiary/aromatic N) is 3. The molecule has 3 heterocycles. The summed E-state index contributed by atoms with van der Waals surface area (Å²) < 4.78 is 0. The summed E-state index contributed by atoms with van der Waals surface area (Å²) in [6, 6.07) is -3.63. The lowest BCUT2D eigenvalue weighted by Crippen LogP contribution is -2.60. The summed E-state index contributed by atoms with van der Waals surface area (Å²) in [5, 5.41) is 11.4. The molecule has 4 fully saturated rings. The quantitative estimate of drug-likeness (QED) is 0.224. The zero-order chi connectivity index (χ0) is 36.5. The summed E-state index contributed by atoms with van der Waals surface area (Å²) in [6.45, 7) is 8.23. The Bertz CT molecular complexity index is 1450. The minimum atomic E-state index is -1.02. The molecular formula is C38H55N7O6. The maximum absolute atomic E-state index is 14.5. The fourth-order valence-electron chi connectivity index (χ4n) is 8.55. The number of fused-ring (bicyclic) bond motifs is 3. The number of nitrogens with one attached hydrogen (secondary N) is 4. The number of amides is 5. The maximum Gasteiger partial charge on any atom is 0.289 e. The molecule has 13 heteroatoms. The van der Waals surface area contributed by atoms with Crippen LogP contribution < -0.4 is 21.3 Å². The van der Waals surface area contributed by atoms with E-state index in [2.05, 4.69) is 51.7 Å². The minimum absolute atomic E-state index is 0.0851. The topological polar surface area (TPSA) is 180 Å². The van der Waals surface area contributed by atoms with Crippen molar-refractivity contribution in [2.24, 2.45) is 23.2 Å². The van der Waals surface area contributed by atoms with Crippen LogP contribution in [0.25, 0.3) is 0 Å². The van der Waals surface area contributed by atoms with E-state index in [1.807, 2.05) is 0 Å². The smallest absolute Gasteiger partial charge is 0.289 e. The van der Waals surface area contributed by atoms with Crippen molar-refractivity contribution in [1.82, 2.24) is 36.1 Å². The summed E-state index contributed by atoms with van der Waals surface area (Å²) in [5.74, 6) is -3.34. The SMILES string of the molecule is C=CCNC(=O)C(=O)[C@H]1CCCCCCCCC[C@@H](NC(=O)[C@@H](NC(=O)c2cnccn2)C2CCCCC2)C(=O)N2C[C@H]3[C@@H]([C@H]2C(=O)N1)C3(C)C. The van der Waals surface area contributed by atoms with Gasteiger partial charge in [0, 0.05) is 25.5 Å². The van der Waals surface area contributed by atoms with Crippen molar-refractivity contribution >= 4 is 35.3 Å². The number of ketones is 1. The second-order valence-electron chi connectivity index (χ2n) is 15.4. The Morgan fingerprint density at radius 2 is 1.61 bits per heavy atom. The van der Waals surface area contributed by atoms with E-state index in [0.717, 1.165) is 70.6 Å². The van der Waals surface area contributed by atoms with Gasteiger partial charge in [-0.2, -0.15) is 0 Å². The van der Waals surface area contributed by atoms with Gasteiger partial charge in [-0.05, 0) is 48.9 Å². The number of carbonyl (C=O) groups excluding carboxylic acids is 6. The Balaban J connectivity index is 1.39. The first kappa shape index (κ1) is 38.1. The summed E-state index contributed by atoms with van der Waals surface area (Å²) >= 11 is 0. The van der Waals surface area contributed by atoms with E-state index in [1.54, 1.807) is 4.90 Å². The first-order valence-corrected chi connectivity index (χ1v) is 19.0. The summed E-state index contributed by atoms with van der Waals surface area (Å²) in [7, 11) is 0. The van der Waals surface area contributed by atoms with Gasteiger partial charge < -0.3 is 26.2 Å². The molecule has 1 aromatic rings. The lowest BCUT2D eigenvalue weighted by atomic mass is 9.83. The summed E-state index contributed by atoms with van der Waals surface area (Å²) in [6.07, 6.45) is 17.0. The number of piperidine rings is 1. The number of rotatable bonds is 9. The lowest BCUT2D eigenvalue weighted by molar-refractivity contribution is -0.145. The van der Waals surface area contributed by atoms with Crippen LogP contribution in [0.1, 0.15) is 114 Å². The third-order valence-corrected chi connectivity index (χ3v) is 11.6. The van der Waals surface area contributed by atoms with Gasteiger partial charge in [0.05, 0.1) is 12.2 Å². The number of carbonyl (C=O) groups is 6. The summed E-state index contributed by atoms with van der Waals surface area (Å²) in [5.41, 5.74) is -0.0785. The van der Waals surface area contributed by atoms with Gasteiger partial charge in [-0.25, -0.2) is 4.98 Å². The van der Waals surface area contributed by atoms with Crippen LogP contribution in [0.2, 0.25) is 0 Å². The van der Waals surface area contributed by atoms with E-state index >= 15 is 0 Å². The van der Waals surface area contributed by atoms with E-state index in [-0.39, 0.29) is 41.3 Å². The molecule has 2 saturated carbocycles. The zero-order valence-electron chi connectivity index (χ0n) is 30.2. The molecule has 0 bridgehead atoms. The molecule has 2 aliphatic heterocycles. The molecule has 2 aliphatic carbocycles. The number of Topliss-reactive ketones (excluding diaryl/α,β-unsaturated/α-hetero) is 1. The Kier molecular flexibility index (Phi) is 13.0. The molecule has 2 saturated heterocycles. The molecule has 6 atom stereocenters. The van der Waals surface area contributed by atoms with Gasteiger partial charge in [-0.15, -0.1) is 6.58 Å². The molecule has 0 radical (unpaired) electrons. The standard InChI is InChI=1S/C38H55N7O6/c1-4-19-41-36(50)32(46)26-17-13-8-6-5-7-9-14-18-27(37(51)45-23-25-29(38(25,2)3)31(45)35(49)42-26)43-34(48)30(24-15-11-10-12-16-24)44-33(47)28-22-39-20-21-40-28/h4,20-22,24-27,29-31H,1,5-19,23H2,2-3H3,(H,41,50)(H,42,49)(H,43,48)(H,44,47)/t25-,26+,27+,29-,30-,31-/m0/s1. The predicted molar refractivity (Wildman–Crippen MR) is 190 cm³/mol. The second kappa shape index (κ2) is 17.4. The molecular weight excluding hydrogens is 650 g/mol. The third-order valence-electron chi connectivity index (χ3n) is 11.6. The Hall–Kier alpha value is -4.16. The highest BCUT2D eigenvalue weighted by Crippen LogP contribution is 2.65. The number of hydrogen-bond donors (Lipinski definition) is 4. The van der Waals surface area contributed by atoms with E-state index < -0.39 is 53.6 Å². The van der Waals surface area contributed by atoms with E-state index in [1.165, 1.54) is 24.7 Å². The molecule has 1 aromatic heterocycles. The van der Waals surface area contributed by atoms with Gasteiger partial charge in [0.1, 0.15) is 23.8 Å². The van der Waals surface area contributed by atoms with Gasteiger partial charge in [0.25, 0.3) is 11.8 Å². The Morgan fingerprint density at radius 1 is 0.961 bits per heavy atom. The molecule has 5 rings (SSSR count). The molecule has 51 heavy (non-hydrogen) atoms. The lowest BCUT2D eigenvalue weighted by Gasteiger charge is -2.35. The van der Waals surface area contributed by atoms with Gasteiger partial charge >= 0.3 is 0 Å².